The smallest absolute Gasteiger partial charge is 0.132 e. The molecule has 0 radical (unpaired) electrons. The van der Waals surface area contributed by atoms with Crippen molar-refractivity contribution in [3.63, 3.8) is 0 Å². The van der Waals surface area contributed by atoms with Crippen LogP contribution in [0.3, 0.4) is 0 Å². The first-order chi connectivity index (χ1) is 9.26. The molecule has 1 aromatic heterocycles. The van der Waals surface area contributed by atoms with E-state index in [0.29, 0.717) is 0 Å². The van der Waals surface area contributed by atoms with Crippen LogP contribution in [0.2, 0.25) is 0 Å². The molecule has 0 N–H and O–H groups in total. The SMILES string of the molecule is COCCN1CC2CN(c3cc(C)ncn3)CC2C1. The van der Waals surface area contributed by atoms with Crippen LogP contribution in [0.15, 0.2) is 12.4 Å². The van der Waals surface area contributed by atoms with Gasteiger partial charge in [-0.25, -0.2) is 9.97 Å². The molecule has 2 aliphatic rings. The Morgan fingerprint density at radius 2 is 1.95 bits per heavy atom. The van der Waals surface area contributed by atoms with Crippen molar-refractivity contribution in [2.75, 3.05) is 51.3 Å². The molecule has 2 atom stereocenters. The van der Waals surface area contributed by atoms with Crippen molar-refractivity contribution in [3.8, 4) is 0 Å². The average molecular weight is 262 g/mol. The van der Waals surface area contributed by atoms with Gasteiger partial charge >= 0.3 is 0 Å². The first-order valence-electron chi connectivity index (χ1n) is 7.01. The quantitative estimate of drug-likeness (QED) is 0.803. The van der Waals surface area contributed by atoms with Crippen LogP contribution in [0.5, 0.6) is 0 Å². The molecule has 5 heteroatoms. The molecule has 5 nitrogen and oxygen atoms in total. The Bertz CT molecular complexity index is 425. The van der Waals surface area contributed by atoms with Crippen molar-refractivity contribution in [2.24, 2.45) is 11.8 Å². The molecule has 104 valence electrons. The van der Waals surface area contributed by atoms with Gasteiger partial charge in [-0.2, -0.15) is 0 Å². The minimum Gasteiger partial charge on any atom is -0.383 e. The maximum Gasteiger partial charge on any atom is 0.132 e. The van der Waals surface area contributed by atoms with E-state index in [-0.39, 0.29) is 0 Å². The van der Waals surface area contributed by atoms with Crippen molar-refractivity contribution in [1.29, 1.82) is 0 Å². The first kappa shape index (κ1) is 12.8. The van der Waals surface area contributed by atoms with E-state index in [1.807, 2.05) is 6.92 Å². The van der Waals surface area contributed by atoms with Gasteiger partial charge in [-0.15, -0.1) is 0 Å². The number of methoxy groups -OCH3 is 1. The van der Waals surface area contributed by atoms with E-state index >= 15 is 0 Å². The second-order valence-electron chi connectivity index (χ2n) is 5.70. The molecule has 0 aromatic carbocycles. The van der Waals surface area contributed by atoms with Gasteiger partial charge in [-0.1, -0.05) is 0 Å². The third-order valence-corrected chi connectivity index (χ3v) is 4.29. The summed E-state index contributed by atoms with van der Waals surface area (Å²) in [5.74, 6) is 2.66. The summed E-state index contributed by atoms with van der Waals surface area (Å²) in [5, 5.41) is 0. The highest BCUT2D eigenvalue weighted by Gasteiger charge is 2.40. The standard InChI is InChI=1S/C14H22N4O/c1-11-5-14(16-10-15-11)18-8-12-6-17(3-4-19-2)7-13(12)9-18/h5,10,12-13H,3-4,6-9H2,1-2H3. The molecule has 2 saturated heterocycles. The fourth-order valence-electron chi connectivity index (χ4n) is 3.29. The second kappa shape index (κ2) is 5.43. The van der Waals surface area contributed by atoms with Crippen LogP contribution in [-0.2, 0) is 4.74 Å². The molecular weight excluding hydrogens is 240 g/mol. The highest BCUT2D eigenvalue weighted by atomic mass is 16.5. The van der Waals surface area contributed by atoms with E-state index in [4.69, 9.17) is 4.74 Å². The van der Waals surface area contributed by atoms with E-state index < -0.39 is 0 Å². The maximum atomic E-state index is 5.16. The van der Waals surface area contributed by atoms with Crippen LogP contribution in [0.4, 0.5) is 5.82 Å². The summed E-state index contributed by atoms with van der Waals surface area (Å²) < 4.78 is 5.16. The van der Waals surface area contributed by atoms with E-state index in [9.17, 15) is 0 Å². The zero-order valence-corrected chi connectivity index (χ0v) is 11.7. The average Bonchev–Trinajstić information content (AvgIpc) is 2.94. The normalized spacial score (nSPS) is 26.9. The van der Waals surface area contributed by atoms with Gasteiger partial charge in [0.15, 0.2) is 0 Å². The second-order valence-corrected chi connectivity index (χ2v) is 5.70. The van der Waals surface area contributed by atoms with E-state index in [1.54, 1.807) is 13.4 Å². The highest BCUT2D eigenvalue weighted by molar-refractivity contribution is 5.40. The fraction of sp³-hybridized carbons (Fsp3) is 0.714. The Hall–Kier alpha value is -1.20. The highest BCUT2D eigenvalue weighted by Crippen LogP contribution is 2.32. The fourth-order valence-corrected chi connectivity index (χ4v) is 3.29. The van der Waals surface area contributed by atoms with Gasteiger partial charge in [0.1, 0.15) is 12.1 Å². The molecule has 0 amide bonds. The molecule has 3 heterocycles. The van der Waals surface area contributed by atoms with Crippen molar-refractivity contribution in [2.45, 2.75) is 6.92 Å². The number of hydrogen-bond acceptors (Lipinski definition) is 5. The van der Waals surface area contributed by atoms with Gasteiger partial charge in [0.05, 0.1) is 6.61 Å². The Balaban J connectivity index is 1.59. The topological polar surface area (TPSA) is 41.5 Å². The molecule has 0 aliphatic carbocycles. The summed E-state index contributed by atoms with van der Waals surface area (Å²) >= 11 is 0. The third-order valence-electron chi connectivity index (χ3n) is 4.29. The molecule has 0 spiro atoms. The minimum absolute atomic E-state index is 0.784. The zero-order chi connectivity index (χ0) is 13.2. The van der Waals surface area contributed by atoms with Crippen LogP contribution in [0, 0.1) is 18.8 Å². The van der Waals surface area contributed by atoms with Crippen molar-refractivity contribution in [3.05, 3.63) is 18.1 Å². The van der Waals surface area contributed by atoms with E-state index in [0.717, 1.165) is 49.6 Å². The lowest BCUT2D eigenvalue weighted by Crippen LogP contribution is -2.31. The van der Waals surface area contributed by atoms with E-state index in [1.165, 1.54) is 13.1 Å². The lowest BCUT2D eigenvalue weighted by molar-refractivity contribution is 0.157. The largest absolute Gasteiger partial charge is 0.383 e. The number of likely N-dealkylation sites (tertiary alicyclic amines) is 1. The van der Waals surface area contributed by atoms with Crippen molar-refractivity contribution < 1.29 is 4.74 Å². The number of hydrogen-bond donors (Lipinski definition) is 0. The number of anilines is 1. The van der Waals surface area contributed by atoms with Crippen LogP contribution in [0.25, 0.3) is 0 Å². The predicted molar refractivity (Wildman–Crippen MR) is 74.3 cm³/mol. The number of ether oxygens (including phenoxy) is 1. The number of aromatic nitrogens is 2. The Labute approximate surface area is 114 Å². The summed E-state index contributed by atoms with van der Waals surface area (Å²) in [7, 11) is 1.77. The molecule has 19 heavy (non-hydrogen) atoms. The summed E-state index contributed by atoms with van der Waals surface area (Å²) in [6.45, 7) is 8.59. The number of fused-ring (bicyclic) bond motifs is 1. The molecule has 2 fully saturated rings. The third kappa shape index (κ3) is 2.72. The molecule has 0 saturated carbocycles. The lowest BCUT2D eigenvalue weighted by Gasteiger charge is -2.22. The summed E-state index contributed by atoms with van der Waals surface area (Å²) in [5.41, 5.74) is 1.05. The van der Waals surface area contributed by atoms with Crippen LogP contribution >= 0.6 is 0 Å². The van der Waals surface area contributed by atoms with Crippen LogP contribution in [0.1, 0.15) is 5.69 Å². The van der Waals surface area contributed by atoms with Crippen molar-refractivity contribution in [1.82, 2.24) is 14.9 Å². The molecular formula is C14H22N4O. The molecule has 2 unspecified atom stereocenters. The van der Waals surface area contributed by atoms with Gasteiger partial charge in [0, 0.05) is 51.6 Å². The van der Waals surface area contributed by atoms with Crippen molar-refractivity contribution >= 4 is 5.82 Å². The Morgan fingerprint density at radius 3 is 2.58 bits per heavy atom. The summed E-state index contributed by atoms with van der Waals surface area (Å²) in [4.78, 5) is 13.5. The summed E-state index contributed by atoms with van der Waals surface area (Å²) in [6, 6.07) is 2.09. The Morgan fingerprint density at radius 1 is 1.21 bits per heavy atom. The number of nitrogens with zero attached hydrogens (tertiary/aromatic N) is 4. The molecule has 3 rings (SSSR count). The zero-order valence-electron chi connectivity index (χ0n) is 11.7. The van der Waals surface area contributed by atoms with Gasteiger partial charge in [-0.05, 0) is 18.8 Å². The van der Waals surface area contributed by atoms with Crippen LogP contribution < -0.4 is 4.90 Å². The van der Waals surface area contributed by atoms with Crippen LogP contribution in [-0.4, -0.2) is 61.3 Å². The molecule has 1 aromatic rings. The van der Waals surface area contributed by atoms with Gasteiger partial charge in [0.2, 0.25) is 0 Å². The van der Waals surface area contributed by atoms with E-state index in [2.05, 4.69) is 25.8 Å². The predicted octanol–water partition coefficient (Wildman–Crippen LogP) is 0.799. The van der Waals surface area contributed by atoms with Gasteiger partial charge in [0.25, 0.3) is 0 Å². The Kier molecular flexibility index (Phi) is 3.66. The maximum absolute atomic E-state index is 5.16. The first-order valence-corrected chi connectivity index (χ1v) is 7.01. The van der Waals surface area contributed by atoms with Gasteiger partial charge in [-0.3, -0.25) is 0 Å². The monoisotopic (exact) mass is 262 g/mol. The van der Waals surface area contributed by atoms with Gasteiger partial charge < -0.3 is 14.5 Å². The molecule has 0 bridgehead atoms. The summed E-state index contributed by atoms with van der Waals surface area (Å²) in [6.07, 6.45) is 1.67. The number of aryl methyl sites for hydroxylation is 1. The minimum atomic E-state index is 0.784. The lowest BCUT2D eigenvalue weighted by atomic mass is 10.0. The number of rotatable bonds is 4. The molecule has 2 aliphatic heterocycles.